The molecule has 0 fully saturated rings. The number of aryl methyl sites for hydroxylation is 2. The van der Waals surface area contributed by atoms with Crippen LogP contribution in [0.4, 0.5) is 0 Å². The van der Waals surface area contributed by atoms with Crippen LogP contribution in [-0.4, -0.2) is 4.57 Å². The summed E-state index contributed by atoms with van der Waals surface area (Å²) in [4.78, 5) is 0. The van der Waals surface area contributed by atoms with E-state index >= 15 is 0 Å². The first kappa shape index (κ1) is 8.42. The molecule has 1 aliphatic rings. The van der Waals surface area contributed by atoms with Gasteiger partial charge in [0, 0.05) is 35.2 Å². The minimum Gasteiger partial charge on any atom is -0.347 e. The molecule has 0 radical (unpaired) electrons. The van der Waals surface area contributed by atoms with Crippen molar-refractivity contribution in [2.75, 3.05) is 0 Å². The monoisotopic (exact) mass is 203 g/mol. The van der Waals surface area contributed by atoms with E-state index in [1.165, 1.54) is 33.7 Å². The molecule has 2 aromatic rings. The lowest BCUT2D eigenvalue weighted by Crippen LogP contribution is -1.92. The van der Waals surface area contributed by atoms with E-state index in [2.05, 4.69) is 36.7 Å². The summed E-state index contributed by atoms with van der Waals surface area (Å²) in [6, 6.07) is 6.78. The lowest BCUT2D eigenvalue weighted by molar-refractivity contribution is 0.908. The molecule has 0 saturated carbocycles. The molecule has 2 heterocycles. The van der Waals surface area contributed by atoms with Crippen molar-refractivity contribution >= 4 is 22.7 Å². The summed E-state index contributed by atoms with van der Waals surface area (Å²) in [6.07, 6.45) is 0. The quantitative estimate of drug-likeness (QED) is 0.636. The minimum absolute atomic E-state index is 1.18. The highest BCUT2D eigenvalue weighted by molar-refractivity contribution is 7.98. The van der Waals surface area contributed by atoms with Crippen LogP contribution >= 0.6 is 11.8 Å². The molecule has 0 spiro atoms. The van der Waals surface area contributed by atoms with Crippen LogP contribution in [0.2, 0.25) is 0 Å². The number of hydrogen-bond donors (Lipinski definition) is 0. The lowest BCUT2D eigenvalue weighted by atomic mass is 10.1. The van der Waals surface area contributed by atoms with Gasteiger partial charge in [0.2, 0.25) is 0 Å². The maximum Gasteiger partial charge on any atom is 0.0486 e. The van der Waals surface area contributed by atoms with E-state index in [0.717, 1.165) is 0 Å². The van der Waals surface area contributed by atoms with E-state index in [-0.39, 0.29) is 0 Å². The van der Waals surface area contributed by atoms with Crippen molar-refractivity contribution in [2.24, 2.45) is 7.05 Å². The lowest BCUT2D eigenvalue weighted by Gasteiger charge is -2.01. The molecule has 0 atom stereocenters. The zero-order valence-electron chi connectivity index (χ0n) is 8.50. The first-order valence-corrected chi connectivity index (χ1v) is 6.07. The SMILES string of the molecule is Cc1ccc2c3c(n(C)c2c1)CSC3. The highest BCUT2D eigenvalue weighted by Gasteiger charge is 2.19. The van der Waals surface area contributed by atoms with Gasteiger partial charge < -0.3 is 4.57 Å². The second-order valence-electron chi connectivity index (χ2n) is 4.00. The minimum atomic E-state index is 1.18. The Morgan fingerprint density at radius 1 is 1.29 bits per heavy atom. The van der Waals surface area contributed by atoms with E-state index in [9.17, 15) is 0 Å². The normalized spacial score (nSPS) is 15.0. The van der Waals surface area contributed by atoms with Crippen LogP contribution in [0.25, 0.3) is 10.9 Å². The number of fused-ring (bicyclic) bond motifs is 3. The van der Waals surface area contributed by atoms with Gasteiger partial charge in [0.25, 0.3) is 0 Å². The van der Waals surface area contributed by atoms with Crippen LogP contribution in [0, 0.1) is 6.92 Å². The molecule has 1 aliphatic heterocycles. The smallest absolute Gasteiger partial charge is 0.0486 e. The number of rotatable bonds is 0. The van der Waals surface area contributed by atoms with Gasteiger partial charge in [0.05, 0.1) is 0 Å². The predicted octanol–water partition coefficient (Wildman–Crippen LogP) is 3.23. The highest BCUT2D eigenvalue weighted by Crippen LogP contribution is 2.37. The molecule has 0 saturated heterocycles. The van der Waals surface area contributed by atoms with E-state index in [1.54, 1.807) is 5.56 Å². The van der Waals surface area contributed by atoms with Crippen LogP contribution < -0.4 is 0 Å². The molecule has 0 aliphatic carbocycles. The van der Waals surface area contributed by atoms with Gasteiger partial charge in [-0.1, -0.05) is 12.1 Å². The summed E-state index contributed by atoms with van der Waals surface area (Å²) in [5.41, 5.74) is 5.84. The Kier molecular flexibility index (Phi) is 1.68. The van der Waals surface area contributed by atoms with Gasteiger partial charge >= 0.3 is 0 Å². The number of aromatic nitrogens is 1. The molecule has 2 heteroatoms. The van der Waals surface area contributed by atoms with Gasteiger partial charge in [-0.3, -0.25) is 0 Å². The molecule has 0 unspecified atom stereocenters. The van der Waals surface area contributed by atoms with Crippen LogP contribution in [0.1, 0.15) is 16.8 Å². The number of thioether (sulfide) groups is 1. The fourth-order valence-corrected chi connectivity index (χ4v) is 3.46. The summed E-state index contributed by atoms with van der Waals surface area (Å²) in [6.45, 7) is 2.16. The first-order chi connectivity index (χ1) is 6.77. The van der Waals surface area contributed by atoms with Crippen LogP contribution in [0.3, 0.4) is 0 Å². The Morgan fingerprint density at radius 3 is 3.00 bits per heavy atom. The van der Waals surface area contributed by atoms with Gasteiger partial charge in [-0.25, -0.2) is 0 Å². The fourth-order valence-electron chi connectivity index (χ4n) is 2.27. The highest BCUT2D eigenvalue weighted by atomic mass is 32.2. The molecule has 1 aromatic carbocycles. The van der Waals surface area contributed by atoms with E-state index in [0.29, 0.717) is 0 Å². The Labute approximate surface area is 88.1 Å². The second-order valence-corrected chi connectivity index (χ2v) is 4.98. The molecular formula is C12H13NS. The van der Waals surface area contributed by atoms with Crippen LogP contribution in [0.5, 0.6) is 0 Å². The van der Waals surface area contributed by atoms with Crippen molar-refractivity contribution in [3.63, 3.8) is 0 Å². The molecule has 1 aromatic heterocycles. The summed E-state index contributed by atoms with van der Waals surface area (Å²) < 4.78 is 2.36. The summed E-state index contributed by atoms with van der Waals surface area (Å²) in [5, 5.41) is 1.46. The molecule has 72 valence electrons. The van der Waals surface area contributed by atoms with E-state index in [4.69, 9.17) is 0 Å². The third kappa shape index (κ3) is 0.976. The average molecular weight is 203 g/mol. The zero-order valence-corrected chi connectivity index (χ0v) is 9.32. The molecule has 3 rings (SSSR count). The van der Waals surface area contributed by atoms with Crippen molar-refractivity contribution < 1.29 is 0 Å². The summed E-state index contributed by atoms with van der Waals surface area (Å²) >= 11 is 2.02. The molecule has 14 heavy (non-hydrogen) atoms. The van der Waals surface area contributed by atoms with Crippen molar-refractivity contribution in [3.8, 4) is 0 Å². The second kappa shape index (κ2) is 2.80. The Morgan fingerprint density at radius 2 is 2.14 bits per heavy atom. The molecule has 1 nitrogen and oxygen atoms in total. The van der Waals surface area contributed by atoms with Crippen LogP contribution in [-0.2, 0) is 18.6 Å². The standard InChI is InChI=1S/C12H13NS/c1-8-3-4-9-10-6-14-7-12(10)13(2)11(9)5-8/h3-5H,6-7H2,1-2H3. The van der Waals surface area contributed by atoms with Gasteiger partial charge in [-0.15, -0.1) is 0 Å². The summed E-state index contributed by atoms with van der Waals surface area (Å²) in [7, 11) is 2.19. The van der Waals surface area contributed by atoms with Crippen molar-refractivity contribution in [3.05, 3.63) is 35.0 Å². The Balaban J connectivity index is 2.45. The Hall–Kier alpha value is -0.890. The first-order valence-electron chi connectivity index (χ1n) is 4.92. The van der Waals surface area contributed by atoms with E-state index < -0.39 is 0 Å². The maximum absolute atomic E-state index is 2.36. The average Bonchev–Trinajstić information content (AvgIpc) is 2.72. The topological polar surface area (TPSA) is 4.93 Å². The molecule has 0 bridgehead atoms. The number of nitrogens with zero attached hydrogens (tertiary/aromatic N) is 1. The molecular weight excluding hydrogens is 190 g/mol. The largest absolute Gasteiger partial charge is 0.347 e. The molecule has 0 amide bonds. The van der Waals surface area contributed by atoms with E-state index in [1.807, 2.05) is 11.8 Å². The third-order valence-corrected chi connectivity index (χ3v) is 4.05. The van der Waals surface area contributed by atoms with Crippen molar-refractivity contribution in [1.29, 1.82) is 0 Å². The maximum atomic E-state index is 2.36. The fraction of sp³-hybridized carbons (Fsp3) is 0.333. The van der Waals surface area contributed by atoms with Crippen molar-refractivity contribution in [1.82, 2.24) is 4.57 Å². The predicted molar refractivity (Wildman–Crippen MR) is 62.7 cm³/mol. The van der Waals surface area contributed by atoms with Crippen LogP contribution in [0.15, 0.2) is 18.2 Å². The van der Waals surface area contributed by atoms with Crippen molar-refractivity contribution in [2.45, 2.75) is 18.4 Å². The number of hydrogen-bond acceptors (Lipinski definition) is 1. The number of benzene rings is 1. The molecule has 0 N–H and O–H groups in total. The van der Waals surface area contributed by atoms with Gasteiger partial charge in [0.15, 0.2) is 0 Å². The third-order valence-electron chi connectivity index (χ3n) is 3.08. The Bertz CT molecular complexity index is 511. The zero-order chi connectivity index (χ0) is 9.71. The van der Waals surface area contributed by atoms with Gasteiger partial charge in [-0.05, 0) is 24.1 Å². The van der Waals surface area contributed by atoms with Gasteiger partial charge in [0.1, 0.15) is 0 Å². The summed E-state index contributed by atoms with van der Waals surface area (Å²) in [5.74, 6) is 2.37. The van der Waals surface area contributed by atoms with Gasteiger partial charge in [-0.2, -0.15) is 11.8 Å².